The first-order valence-corrected chi connectivity index (χ1v) is 8.83. The van der Waals surface area contributed by atoms with Gasteiger partial charge in [-0.25, -0.2) is 0 Å². The van der Waals surface area contributed by atoms with E-state index in [4.69, 9.17) is 0 Å². The lowest BCUT2D eigenvalue weighted by Gasteiger charge is -2.14. The third-order valence-corrected chi connectivity index (χ3v) is 4.37. The summed E-state index contributed by atoms with van der Waals surface area (Å²) in [4.78, 5) is 23.5. The molecule has 0 aliphatic heterocycles. The number of amides is 2. The van der Waals surface area contributed by atoms with Gasteiger partial charge in [-0.1, -0.05) is 24.3 Å². The van der Waals surface area contributed by atoms with Crippen LogP contribution in [0.1, 0.15) is 40.4 Å². The Morgan fingerprint density at radius 1 is 1.21 bits per heavy atom. The first kappa shape index (κ1) is 18.2. The molecule has 0 saturated carbocycles. The fourth-order valence-electron chi connectivity index (χ4n) is 2.32. The molecule has 0 bridgehead atoms. The van der Waals surface area contributed by atoms with Crippen LogP contribution >= 0.6 is 11.3 Å². The van der Waals surface area contributed by atoms with Gasteiger partial charge in [0.2, 0.25) is 5.91 Å². The Labute approximate surface area is 145 Å². The number of hydrogen-bond acceptors (Lipinski definition) is 4. The minimum atomic E-state index is -0.714. The molecule has 128 valence electrons. The number of rotatable bonds is 8. The molecule has 1 aromatic carbocycles. The van der Waals surface area contributed by atoms with E-state index in [-0.39, 0.29) is 18.4 Å². The molecule has 3 N–H and O–H groups in total. The van der Waals surface area contributed by atoms with Crippen molar-refractivity contribution in [2.75, 3.05) is 13.1 Å². The fraction of sp³-hybridized carbons (Fsp3) is 0.333. The minimum absolute atomic E-state index is 0.119. The molecule has 5 nitrogen and oxygen atoms in total. The third kappa shape index (κ3) is 5.47. The summed E-state index contributed by atoms with van der Waals surface area (Å²) >= 11 is 1.47. The van der Waals surface area contributed by atoms with Crippen LogP contribution in [-0.4, -0.2) is 30.0 Å². The van der Waals surface area contributed by atoms with Crippen molar-refractivity contribution in [3.8, 4) is 0 Å². The lowest BCUT2D eigenvalue weighted by Crippen LogP contribution is -2.30. The maximum Gasteiger partial charge on any atom is 0.252 e. The highest BCUT2D eigenvalue weighted by atomic mass is 32.1. The Kier molecular flexibility index (Phi) is 6.96. The summed E-state index contributed by atoms with van der Waals surface area (Å²) in [7, 11) is 0. The first-order chi connectivity index (χ1) is 11.6. The topological polar surface area (TPSA) is 78.4 Å². The van der Waals surface area contributed by atoms with E-state index in [1.54, 1.807) is 11.4 Å². The maximum absolute atomic E-state index is 11.8. The monoisotopic (exact) mass is 346 g/mol. The predicted octanol–water partition coefficient (Wildman–Crippen LogP) is 2.42. The molecule has 0 aliphatic carbocycles. The quantitative estimate of drug-likeness (QED) is 0.642. The number of carbonyl (C=O) groups is 2. The molecule has 1 heterocycles. The van der Waals surface area contributed by atoms with Crippen molar-refractivity contribution in [2.45, 2.75) is 25.9 Å². The average Bonchev–Trinajstić information content (AvgIpc) is 3.11. The van der Waals surface area contributed by atoms with E-state index < -0.39 is 6.10 Å². The van der Waals surface area contributed by atoms with Crippen LogP contribution in [0.15, 0.2) is 41.1 Å². The van der Waals surface area contributed by atoms with Gasteiger partial charge < -0.3 is 15.7 Å². The Balaban J connectivity index is 1.63. The van der Waals surface area contributed by atoms with E-state index in [0.29, 0.717) is 24.9 Å². The number of aryl methyl sites for hydroxylation is 1. The van der Waals surface area contributed by atoms with Crippen LogP contribution < -0.4 is 10.6 Å². The second-order valence-electron chi connectivity index (χ2n) is 5.55. The van der Waals surface area contributed by atoms with Crippen LogP contribution in [0.3, 0.4) is 0 Å². The van der Waals surface area contributed by atoms with Gasteiger partial charge in [0, 0.05) is 30.5 Å². The van der Waals surface area contributed by atoms with Gasteiger partial charge >= 0.3 is 0 Å². The highest BCUT2D eigenvalue weighted by molar-refractivity contribution is 7.08. The number of carbonyl (C=O) groups excluding carboxylic acids is 2. The molecule has 0 spiro atoms. The molecule has 2 rings (SSSR count). The van der Waals surface area contributed by atoms with Crippen molar-refractivity contribution in [1.29, 1.82) is 0 Å². The normalized spacial score (nSPS) is 11.8. The zero-order valence-corrected chi connectivity index (χ0v) is 14.4. The van der Waals surface area contributed by atoms with Crippen LogP contribution in [0.5, 0.6) is 0 Å². The van der Waals surface area contributed by atoms with Gasteiger partial charge in [-0.05, 0) is 35.9 Å². The molecule has 0 aliphatic rings. The zero-order chi connectivity index (χ0) is 17.4. The highest BCUT2D eigenvalue weighted by Crippen LogP contribution is 2.16. The number of hydrogen-bond donors (Lipinski definition) is 3. The number of nitrogens with one attached hydrogen (secondary N) is 2. The molecule has 1 atom stereocenters. The van der Waals surface area contributed by atoms with Crippen molar-refractivity contribution >= 4 is 23.2 Å². The van der Waals surface area contributed by atoms with Crippen molar-refractivity contribution in [2.24, 2.45) is 0 Å². The average molecular weight is 346 g/mol. The van der Waals surface area contributed by atoms with Crippen molar-refractivity contribution in [1.82, 2.24) is 10.6 Å². The van der Waals surface area contributed by atoms with Gasteiger partial charge in [0.05, 0.1) is 6.10 Å². The molecular formula is C18H22N2O3S. The van der Waals surface area contributed by atoms with E-state index in [2.05, 4.69) is 10.6 Å². The molecular weight excluding hydrogens is 324 g/mol. The standard InChI is InChI=1S/C18H22N2O3S/c1-13-5-2-3-6-15(13)16(21)11-20-17(22)7-4-9-19-18(23)14-8-10-24-12-14/h2-3,5-6,8,10,12,16,21H,4,7,9,11H2,1H3,(H,19,23)(H,20,22). The second kappa shape index (κ2) is 9.20. The van der Waals surface area contributed by atoms with Crippen molar-refractivity contribution in [3.63, 3.8) is 0 Å². The van der Waals surface area contributed by atoms with Crippen molar-refractivity contribution in [3.05, 3.63) is 57.8 Å². The Morgan fingerprint density at radius 2 is 2.00 bits per heavy atom. The van der Waals surface area contributed by atoms with Crippen LogP contribution in [0, 0.1) is 6.92 Å². The number of benzene rings is 1. The van der Waals surface area contributed by atoms with Gasteiger partial charge in [0.15, 0.2) is 0 Å². The Hall–Kier alpha value is -2.18. The molecule has 1 unspecified atom stereocenters. The summed E-state index contributed by atoms with van der Waals surface area (Å²) in [6, 6.07) is 9.32. The molecule has 1 aromatic heterocycles. The minimum Gasteiger partial charge on any atom is -0.387 e. The fourth-order valence-corrected chi connectivity index (χ4v) is 2.95. The number of aliphatic hydroxyl groups excluding tert-OH is 1. The molecule has 0 fully saturated rings. The van der Waals surface area contributed by atoms with E-state index in [1.165, 1.54) is 11.3 Å². The zero-order valence-electron chi connectivity index (χ0n) is 13.6. The smallest absolute Gasteiger partial charge is 0.252 e. The molecule has 2 aromatic rings. The van der Waals surface area contributed by atoms with Gasteiger partial charge in [-0.15, -0.1) is 0 Å². The van der Waals surface area contributed by atoms with Crippen LogP contribution in [0.2, 0.25) is 0 Å². The summed E-state index contributed by atoms with van der Waals surface area (Å²) in [6.45, 7) is 2.56. The summed E-state index contributed by atoms with van der Waals surface area (Å²) in [5, 5.41) is 19.3. The predicted molar refractivity (Wildman–Crippen MR) is 95.0 cm³/mol. The summed E-state index contributed by atoms with van der Waals surface area (Å²) < 4.78 is 0. The molecule has 24 heavy (non-hydrogen) atoms. The molecule has 0 saturated heterocycles. The first-order valence-electron chi connectivity index (χ1n) is 7.88. The van der Waals surface area contributed by atoms with Crippen LogP contribution in [0.25, 0.3) is 0 Å². The van der Waals surface area contributed by atoms with Gasteiger partial charge in [0.1, 0.15) is 0 Å². The Bertz CT molecular complexity index is 671. The lowest BCUT2D eigenvalue weighted by atomic mass is 10.0. The van der Waals surface area contributed by atoms with E-state index in [9.17, 15) is 14.7 Å². The van der Waals surface area contributed by atoms with Crippen molar-refractivity contribution < 1.29 is 14.7 Å². The van der Waals surface area contributed by atoms with E-state index in [1.807, 2.05) is 36.6 Å². The van der Waals surface area contributed by atoms with Gasteiger partial charge in [-0.2, -0.15) is 11.3 Å². The van der Waals surface area contributed by atoms with E-state index in [0.717, 1.165) is 11.1 Å². The number of thiophene rings is 1. The number of aliphatic hydroxyl groups is 1. The third-order valence-electron chi connectivity index (χ3n) is 3.69. The van der Waals surface area contributed by atoms with Gasteiger partial charge in [0.25, 0.3) is 5.91 Å². The second-order valence-corrected chi connectivity index (χ2v) is 6.33. The van der Waals surface area contributed by atoms with Gasteiger partial charge in [-0.3, -0.25) is 9.59 Å². The lowest BCUT2D eigenvalue weighted by molar-refractivity contribution is -0.121. The SMILES string of the molecule is Cc1ccccc1C(O)CNC(=O)CCCNC(=O)c1ccsc1. The molecule has 0 radical (unpaired) electrons. The molecule has 2 amide bonds. The van der Waals surface area contributed by atoms with Crippen LogP contribution in [0.4, 0.5) is 0 Å². The maximum atomic E-state index is 11.8. The summed E-state index contributed by atoms with van der Waals surface area (Å²) in [6.07, 6.45) is 0.153. The Morgan fingerprint density at radius 3 is 2.71 bits per heavy atom. The highest BCUT2D eigenvalue weighted by Gasteiger charge is 2.11. The summed E-state index contributed by atoms with van der Waals surface area (Å²) in [5.74, 6) is -0.251. The summed E-state index contributed by atoms with van der Waals surface area (Å²) in [5.41, 5.74) is 2.46. The van der Waals surface area contributed by atoms with E-state index >= 15 is 0 Å². The largest absolute Gasteiger partial charge is 0.387 e. The van der Waals surface area contributed by atoms with Crippen LogP contribution in [-0.2, 0) is 4.79 Å². The molecule has 6 heteroatoms.